The van der Waals surface area contributed by atoms with Gasteiger partial charge >= 0.3 is 0 Å². The Kier molecular flexibility index (Phi) is 5.12. The van der Waals surface area contributed by atoms with Crippen molar-refractivity contribution >= 4 is 0 Å². The Hall–Kier alpha value is -1.38. The van der Waals surface area contributed by atoms with Gasteiger partial charge in [0.2, 0.25) is 0 Å². The summed E-state index contributed by atoms with van der Waals surface area (Å²) in [6.07, 6.45) is 8.37. The maximum Gasteiger partial charge on any atom is 0.0658 e. The Labute approximate surface area is 134 Å². The van der Waals surface area contributed by atoms with Crippen molar-refractivity contribution in [2.75, 3.05) is 13.2 Å². The summed E-state index contributed by atoms with van der Waals surface area (Å²) in [5.74, 6) is 0. The number of hydrogen-bond acceptors (Lipinski definition) is 2. The van der Waals surface area contributed by atoms with Gasteiger partial charge < -0.3 is 4.74 Å². The monoisotopic (exact) mass is 297 g/mol. The molecule has 22 heavy (non-hydrogen) atoms. The molecule has 118 valence electrons. The summed E-state index contributed by atoms with van der Waals surface area (Å²) in [4.78, 5) is 2.63. The first-order valence-corrected chi connectivity index (χ1v) is 8.42. The van der Waals surface area contributed by atoms with E-state index in [1.807, 2.05) is 0 Å². The molecule has 2 heteroatoms. The Morgan fingerprint density at radius 3 is 2.77 bits per heavy atom. The van der Waals surface area contributed by atoms with Crippen LogP contribution >= 0.6 is 0 Å². The average Bonchev–Trinajstić information content (AvgIpc) is 2.48. The molecule has 0 N–H and O–H groups in total. The molecule has 1 fully saturated rings. The molecule has 0 aromatic heterocycles. The molecule has 2 unspecified atom stereocenters. The number of ether oxygens (including phenoxy) is 1. The number of allylic oxidation sites excluding steroid dienone is 2. The van der Waals surface area contributed by atoms with Gasteiger partial charge in [0.15, 0.2) is 0 Å². The van der Waals surface area contributed by atoms with Crippen LogP contribution in [0.5, 0.6) is 0 Å². The van der Waals surface area contributed by atoms with E-state index in [0.717, 1.165) is 19.8 Å². The van der Waals surface area contributed by atoms with Crippen molar-refractivity contribution in [3.05, 3.63) is 59.2 Å². The second-order valence-corrected chi connectivity index (χ2v) is 6.77. The van der Waals surface area contributed by atoms with Crippen molar-refractivity contribution in [1.29, 1.82) is 0 Å². The van der Waals surface area contributed by atoms with Crippen LogP contribution in [0.15, 0.2) is 53.6 Å². The summed E-state index contributed by atoms with van der Waals surface area (Å²) in [6, 6.07) is 11.8. The molecule has 2 atom stereocenters. The fourth-order valence-corrected chi connectivity index (χ4v) is 3.52. The molecule has 2 aliphatic rings. The third-order valence-corrected chi connectivity index (χ3v) is 4.65. The minimum atomic E-state index is 0.453. The topological polar surface area (TPSA) is 12.5 Å². The molecule has 1 aromatic rings. The minimum absolute atomic E-state index is 0.453. The Morgan fingerprint density at radius 1 is 1.23 bits per heavy atom. The van der Waals surface area contributed by atoms with E-state index in [1.54, 1.807) is 5.57 Å². The van der Waals surface area contributed by atoms with Crippen molar-refractivity contribution in [1.82, 2.24) is 4.90 Å². The van der Waals surface area contributed by atoms with E-state index >= 15 is 0 Å². The molecule has 1 aromatic carbocycles. The SMILES string of the molecule is CC(C)=CCCC1=CC2COCC(C1)N2Cc1ccccc1. The van der Waals surface area contributed by atoms with Gasteiger partial charge in [0.05, 0.1) is 19.3 Å². The first kappa shape index (κ1) is 15.5. The van der Waals surface area contributed by atoms with Gasteiger partial charge in [-0.2, -0.15) is 0 Å². The third-order valence-electron chi connectivity index (χ3n) is 4.65. The van der Waals surface area contributed by atoms with Crippen LogP contribution in [0.2, 0.25) is 0 Å². The number of nitrogens with zero attached hydrogens (tertiary/aromatic N) is 1. The van der Waals surface area contributed by atoms with Crippen molar-refractivity contribution < 1.29 is 4.74 Å². The summed E-state index contributed by atoms with van der Waals surface area (Å²) in [7, 11) is 0. The lowest BCUT2D eigenvalue weighted by Crippen LogP contribution is -2.53. The zero-order valence-corrected chi connectivity index (χ0v) is 13.8. The van der Waals surface area contributed by atoms with Crippen LogP contribution in [-0.4, -0.2) is 30.2 Å². The van der Waals surface area contributed by atoms with E-state index in [9.17, 15) is 0 Å². The molecule has 2 aliphatic heterocycles. The number of benzene rings is 1. The van der Waals surface area contributed by atoms with Crippen LogP contribution in [0.4, 0.5) is 0 Å². The molecule has 0 radical (unpaired) electrons. The van der Waals surface area contributed by atoms with Gasteiger partial charge in [-0.3, -0.25) is 4.90 Å². The highest BCUT2D eigenvalue weighted by Crippen LogP contribution is 2.30. The van der Waals surface area contributed by atoms with Gasteiger partial charge in [-0.25, -0.2) is 0 Å². The zero-order chi connectivity index (χ0) is 15.4. The minimum Gasteiger partial charge on any atom is -0.378 e. The van der Waals surface area contributed by atoms with Crippen molar-refractivity contribution in [3.63, 3.8) is 0 Å². The largest absolute Gasteiger partial charge is 0.378 e. The van der Waals surface area contributed by atoms with Crippen LogP contribution in [0.3, 0.4) is 0 Å². The van der Waals surface area contributed by atoms with Gasteiger partial charge in [-0.1, -0.05) is 53.6 Å². The van der Waals surface area contributed by atoms with Crippen LogP contribution in [0.25, 0.3) is 0 Å². The molecular formula is C20H27NO. The lowest BCUT2D eigenvalue weighted by Gasteiger charge is -2.44. The third kappa shape index (κ3) is 3.88. The fraction of sp³-hybridized carbons (Fsp3) is 0.500. The molecule has 2 bridgehead atoms. The van der Waals surface area contributed by atoms with E-state index in [4.69, 9.17) is 4.74 Å². The maximum absolute atomic E-state index is 5.80. The lowest BCUT2D eigenvalue weighted by molar-refractivity contribution is -0.0442. The summed E-state index contributed by atoms with van der Waals surface area (Å²) >= 11 is 0. The highest BCUT2D eigenvalue weighted by Gasteiger charge is 2.34. The average molecular weight is 297 g/mol. The predicted molar refractivity (Wildman–Crippen MR) is 91.7 cm³/mol. The first-order valence-electron chi connectivity index (χ1n) is 8.42. The van der Waals surface area contributed by atoms with E-state index in [0.29, 0.717) is 12.1 Å². The van der Waals surface area contributed by atoms with E-state index < -0.39 is 0 Å². The summed E-state index contributed by atoms with van der Waals surface area (Å²) in [5.41, 5.74) is 4.45. The van der Waals surface area contributed by atoms with Crippen molar-refractivity contribution in [2.45, 2.75) is 51.7 Å². The van der Waals surface area contributed by atoms with Crippen LogP contribution in [0, 0.1) is 0 Å². The van der Waals surface area contributed by atoms with Gasteiger partial charge in [0.1, 0.15) is 0 Å². The summed E-state index contributed by atoms with van der Waals surface area (Å²) in [6.45, 7) is 7.12. The highest BCUT2D eigenvalue weighted by atomic mass is 16.5. The molecular weight excluding hydrogens is 270 g/mol. The second kappa shape index (κ2) is 7.26. The second-order valence-electron chi connectivity index (χ2n) is 6.77. The normalized spacial score (nSPS) is 24.7. The van der Waals surface area contributed by atoms with Gasteiger partial charge in [0, 0.05) is 12.6 Å². The molecule has 0 saturated carbocycles. The first-order chi connectivity index (χ1) is 10.7. The molecule has 2 nitrogen and oxygen atoms in total. The summed E-state index contributed by atoms with van der Waals surface area (Å²) < 4.78 is 5.80. The number of hydrogen-bond donors (Lipinski definition) is 0. The molecule has 3 rings (SSSR count). The van der Waals surface area contributed by atoms with E-state index in [-0.39, 0.29) is 0 Å². The smallest absolute Gasteiger partial charge is 0.0658 e. The number of rotatable bonds is 5. The standard InChI is InChI=1S/C20H27NO/c1-16(2)7-6-10-18-11-19-14-22-15-20(12-18)21(19)13-17-8-4-3-5-9-17/h3-5,7-9,11,19-20H,6,10,12-15H2,1-2H3. The maximum atomic E-state index is 5.80. The van der Waals surface area contributed by atoms with Crippen LogP contribution < -0.4 is 0 Å². The summed E-state index contributed by atoms with van der Waals surface area (Å²) in [5, 5.41) is 0. The van der Waals surface area contributed by atoms with Crippen molar-refractivity contribution in [2.24, 2.45) is 0 Å². The van der Waals surface area contributed by atoms with Gasteiger partial charge in [-0.05, 0) is 38.7 Å². The number of morpholine rings is 1. The molecule has 2 heterocycles. The van der Waals surface area contributed by atoms with Gasteiger partial charge in [-0.15, -0.1) is 0 Å². The predicted octanol–water partition coefficient (Wildman–Crippen LogP) is 4.33. The Morgan fingerprint density at radius 2 is 2.05 bits per heavy atom. The van der Waals surface area contributed by atoms with Crippen molar-refractivity contribution in [3.8, 4) is 0 Å². The quantitative estimate of drug-likeness (QED) is 0.750. The Balaban J connectivity index is 1.67. The van der Waals surface area contributed by atoms with E-state index in [2.05, 4.69) is 61.2 Å². The molecule has 0 spiro atoms. The van der Waals surface area contributed by atoms with Gasteiger partial charge in [0.25, 0.3) is 0 Å². The molecule has 1 saturated heterocycles. The van der Waals surface area contributed by atoms with Crippen LogP contribution in [-0.2, 0) is 11.3 Å². The molecule has 0 amide bonds. The Bertz CT molecular complexity index is 542. The molecule has 0 aliphatic carbocycles. The van der Waals surface area contributed by atoms with E-state index in [1.165, 1.54) is 30.4 Å². The number of fused-ring (bicyclic) bond motifs is 2. The van der Waals surface area contributed by atoms with Crippen LogP contribution in [0.1, 0.15) is 38.7 Å². The highest BCUT2D eigenvalue weighted by molar-refractivity contribution is 5.20. The lowest BCUT2D eigenvalue weighted by atomic mass is 9.91. The zero-order valence-electron chi connectivity index (χ0n) is 13.8. The fourth-order valence-electron chi connectivity index (χ4n) is 3.52.